The highest BCUT2D eigenvalue weighted by Crippen LogP contribution is 2.03. The molecule has 0 radical (unpaired) electrons. The lowest BCUT2D eigenvalue weighted by atomic mass is 10.4. The van der Waals surface area contributed by atoms with Gasteiger partial charge in [-0.15, -0.1) is 0 Å². The first-order chi connectivity index (χ1) is 5.15. The van der Waals surface area contributed by atoms with E-state index in [2.05, 4.69) is 6.92 Å². The van der Waals surface area contributed by atoms with Crippen LogP contribution in [0.1, 0.15) is 19.8 Å². The van der Waals surface area contributed by atoms with E-state index in [1.807, 2.05) is 0 Å². The highest BCUT2D eigenvalue weighted by molar-refractivity contribution is 6.63. The fraction of sp³-hybridized carbons (Fsp3) is 1.00. The molecule has 0 atom stereocenters. The smallest absolute Gasteiger partial charge is 0.180 e. The second-order valence-corrected chi connectivity index (χ2v) is 3.30. The third-order valence-electron chi connectivity index (χ3n) is 0.512. The summed E-state index contributed by atoms with van der Waals surface area (Å²) in [7, 11) is 1.00. The van der Waals surface area contributed by atoms with Gasteiger partial charge in [0.2, 0.25) is 0 Å². The summed E-state index contributed by atoms with van der Waals surface area (Å²) in [6.45, 7) is 2.40. The fourth-order valence-corrected chi connectivity index (χ4v) is 0.158. The topological polar surface area (TPSA) is 75.5 Å². The maximum absolute atomic E-state index is 8.07. The second-order valence-electron chi connectivity index (χ2n) is 1.32. The van der Waals surface area contributed by atoms with E-state index in [4.69, 9.17) is 45.0 Å². The molecule has 0 saturated heterocycles. The van der Waals surface area contributed by atoms with Crippen molar-refractivity contribution in [2.24, 2.45) is 0 Å². The van der Waals surface area contributed by atoms with Crippen molar-refractivity contribution in [3.05, 3.63) is 0 Å². The minimum atomic E-state index is -0.750. The molecule has 0 saturated carbocycles. The number of hydrogen-bond donors (Lipinski definition) is 3. The zero-order chi connectivity index (χ0) is 9.70. The molecule has 0 aliphatic heterocycles. The van der Waals surface area contributed by atoms with E-state index in [9.17, 15) is 0 Å². The summed E-state index contributed by atoms with van der Waals surface area (Å²) in [5.41, 5.74) is 0. The van der Waals surface area contributed by atoms with Gasteiger partial charge in [0.05, 0.1) is 0 Å². The van der Waals surface area contributed by atoms with Gasteiger partial charge in [-0.3, -0.25) is 0 Å². The quantitative estimate of drug-likeness (QED) is 0.651. The van der Waals surface area contributed by atoms with Gasteiger partial charge in [0.15, 0.2) is 4.30 Å². The highest BCUT2D eigenvalue weighted by Gasteiger charge is 1.78. The van der Waals surface area contributed by atoms with Crippen LogP contribution in [-0.4, -0.2) is 28.2 Å². The molecule has 0 aliphatic rings. The van der Waals surface area contributed by atoms with Crippen LogP contribution in [-0.2, 0) is 0 Å². The molecule has 5 N–H and O–H groups in total. The number of aliphatic hydroxyl groups excluding tert-OH is 2. The van der Waals surface area contributed by atoms with Crippen molar-refractivity contribution in [3.63, 3.8) is 0 Å². The van der Waals surface area contributed by atoms with Gasteiger partial charge in [0, 0.05) is 13.7 Å². The average Bonchev–Trinajstić information content (AvgIpc) is 1.93. The molecule has 0 aliphatic carbocycles. The van der Waals surface area contributed by atoms with Gasteiger partial charge in [0.25, 0.3) is 0 Å². The summed E-state index contributed by atoms with van der Waals surface area (Å²) in [4.78, 5) is 0. The van der Waals surface area contributed by atoms with Crippen LogP contribution in [0.15, 0.2) is 0 Å². The van der Waals surface area contributed by atoms with Crippen molar-refractivity contribution >= 4 is 34.8 Å². The molecule has 80 valence electrons. The van der Waals surface area contributed by atoms with Gasteiger partial charge >= 0.3 is 0 Å². The Morgan fingerprint density at radius 2 is 1.42 bits per heavy atom. The van der Waals surface area contributed by atoms with Gasteiger partial charge in [-0.1, -0.05) is 48.1 Å². The van der Waals surface area contributed by atoms with E-state index < -0.39 is 4.30 Å². The Morgan fingerprint density at radius 1 is 1.17 bits per heavy atom. The van der Waals surface area contributed by atoms with E-state index >= 15 is 0 Å². The average molecular weight is 243 g/mol. The molecular formula is C6H18Cl3NO2. The third kappa shape index (κ3) is 135. The Balaban J connectivity index is -0.0000000419. The van der Waals surface area contributed by atoms with Crippen LogP contribution >= 0.6 is 34.8 Å². The van der Waals surface area contributed by atoms with E-state index in [0.717, 1.165) is 20.0 Å². The Hall–Kier alpha value is 0.750. The molecule has 0 spiro atoms. The van der Waals surface area contributed by atoms with Crippen molar-refractivity contribution in [2.75, 3.05) is 13.7 Å². The lowest BCUT2D eigenvalue weighted by Crippen LogP contribution is -1.75. The SMILES string of the molecule is CCCCO.CO.ClC(Cl)Cl.N. The summed E-state index contributed by atoms with van der Waals surface area (Å²) >= 11 is 14.4. The van der Waals surface area contributed by atoms with Crippen molar-refractivity contribution in [3.8, 4) is 0 Å². The number of rotatable bonds is 2. The molecule has 0 fully saturated rings. The normalized spacial score (nSPS) is 7.00. The predicted molar refractivity (Wildman–Crippen MR) is 56.5 cm³/mol. The Labute approximate surface area is 89.2 Å². The summed E-state index contributed by atoms with van der Waals surface area (Å²) in [5.74, 6) is 0. The molecule has 0 bridgehead atoms. The molecule has 0 aromatic carbocycles. The van der Waals surface area contributed by atoms with Gasteiger partial charge in [0.1, 0.15) is 0 Å². The number of aliphatic hydroxyl groups is 2. The Kier molecular flexibility index (Phi) is 57.1. The zero-order valence-electron chi connectivity index (χ0n) is 7.43. The summed E-state index contributed by atoms with van der Waals surface area (Å²) in [6.07, 6.45) is 2.04. The minimum absolute atomic E-state index is 0. The maximum atomic E-state index is 8.07. The standard InChI is InChI=1S/C4H10O.CHCl3.CH4O.H3N/c1-2-3-4-5;2-1(3)4;1-2;/h5H,2-4H2,1H3;1H;2H,1H3;1H3. The first kappa shape index (κ1) is 23.0. The van der Waals surface area contributed by atoms with Gasteiger partial charge in [-0.05, 0) is 6.42 Å². The molecule has 0 unspecified atom stereocenters. The third-order valence-corrected chi connectivity index (χ3v) is 0.512. The Morgan fingerprint density at radius 3 is 1.42 bits per heavy atom. The molecule has 0 heterocycles. The molecule has 0 rings (SSSR count). The molecule has 0 aromatic rings. The molecule has 6 heteroatoms. The van der Waals surface area contributed by atoms with E-state index in [0.29, 0.717) is 6.61 Å². The lowest BCUT2D eigenvalue weighted by Gasteiger charge is -1.79. The van der Waals surface area contributed by atoms with Crippen LogP contribution in [0.25, 0.3) is 0 Å². The number of hydrogen-bond acceptors (Lipinski definition) is 3. The zero-order valence-corrected chi connectivity index (χ0v) is 9.70. The highest BCUT2D eigenvalue weighted by atomic mass is 35.6. The number of unbranched alkanes of at least 4 members (excludes halogenated alkanes) is 1. The van der Waals surface area contributed by atoms with Gasteiger partial charge in [-0.25, -0.2) is 0 Å². The van der Waals surface area contributed by atoms with Crippen LogP contribution in [0.3, 0.4) is 0 Å². The lowest BCUT2D eigenvalue weighted by molar-refractivity contribution is 0.287. The molecule has 12 heavy (non-hydrogen) atoms. The van der Waals surface area contributed by atoms with Gasteiger partial charge in [-0.2, -0.15) is 0 Å². The van der Waals surface area contributed by atoms with Crippen molar-refractivity contribution in [1.29, 1.82) is 0 Å². The Bertz CT molecular complexity index is 45.0. The molecule has 0 amide bonds. The van der Waals surface area contributed by atoms with E-state index in [1.165, 1.54) is 0 Å². The minimum Gasteiger partial charge on any atom is -0.400 e. The first-order valence-electron chi connectivity index (χ1n) is 3.13. The molecule has 3 nitrogen and oxygen atoms in total. The van der Waals surface area contributed by atoms with Crippen molar-refractivity contribution in [1.82, 2.24) is 6.15 Å². The predicted octanol–water partition coefficient (Wildman–Crippen LogP) is 2.54. The van der Waals surface area contributed by atoms with Crippen LogP contribution in [0.4, 0.5) is 0 Å². The first-order valence-corrected chi connectivity index (χ1v) is 4.43. The van der Waals surface area contributed by atoms with Crippen molar-refractivity contribution in [2.45, 2.75) is 24.1 Å². The van der Waals surface area contributed by atoms with Crippen LogP contribution < -0.4 is 6.15 Å². The summed E-state index contributed by atoms with van der Waals surface area (Å²) < 4.78 is -0.750. The van der Waals surface area contributed by atoms with Gasteiger partial charge < -0.3 is 16.4 Å². The second kappa shape index (κ2) is 29.8. The monoisotopic (exact) mass is 241 g/mol. The van der Waals surface area contributed by atoms with Crippen LogP contribution in [0.2, 0.25) is 0 Å². The van der Waals surface area contributed by atoms with Crippen LogP contribution in [0.5, 0.6) is 0 Å². The number of halogens is 3. The summed E-state index contributed by atoms with van der Waals surface area (Å²) in [5, 5.41) is 15.1. The summed E-state index contributed by atoms with van der Waals surface area (Å²) in [6, 6.07) is 0. The molecular weight excluding hydrogens is 224 g/mol. The van der Waals surface area contributed by atoms with E-state index in [-0.39, 0.29) is 6.15 Å². The van der Waals surface area contributed by atoms with E-state index in [1.54, 1.807) is 0 Å². The largest absolute Gasteiger partial charge is 0.400 e. The van der Waals surface area contributed by atoms with Crippen molar-refractivity contribution < 1.29 is 10.2 Å². The van der Waals surface area contributed by atoms with Crippen LogP contribution in [0, 0.1) is 0 Å². The fourth-order valence-electron chi connectivity index (χ4n) is 0.158. The number of alkyl halides is 3. The molecule has 0 aromatic heterocycles. The maximum Gasteiger partial charge on any atom is 0.180 e.